The number of anilines is 1. The van der Waals surface area contributed by atoms with Crippen molar-refractivity contribution in [3.63, 3.8) is 0 Å². The molecule has 1 aromatic rings. The van der Waals surface area contributed by atoms with Gasteiger partial charge in [0, 0.05) is 11.9 Å². The number of benzene rings is 1. The quantitative estimate of drug-likeness (QED) is 0.887. The maximum Gasteiger partial charge on any atom is 0.245 e. The number of hydrogen-bond acceptors (Lipinski definition) is 4. The molecule has 0 unspecified atom stereocenters. The van der Waals surface area contributed by atoms with Crippen molar-refractivity contribution < 1.29 is 13.2 Å². The third kappa shape index (κ3) is 3.33. The molecule has 1 amide bonds. The normalized spacial score (nSPS) is 18.2. The molecule has 5 nitrogen and oxygen atoms in total. The number of nitrogens with one attached hydrogen (secondary N) is 2. The van der Waals surface area contributed by atoms with Crippen LogP contribution in [0.5, 0.6) is 0 Å². The Morgan fingerprint density at radius 3 is 2.45 bits per heavy atom. The highest BCUT2D eigenvalue weighted by molar-refractivity contribution is 7.92. The van der Waals surface area contributed by atoms with E-state index in [0.29, 0.717) is 37.5 Å². The van der Waals surface area contributed by atoms with Gasteiger partial charge in [-0.15, -0.1) is 0 Å². The van der Waals surface area contributed by atoms with Crippen LogP contribution < -0.4 is 10.6 Å². The molecule has 6 heteroatoms. The van der Waals surface area contributed by atoms with Crippen LogP contribution in [0.25, 0.3) is 0 Å². The van der Waals surface area contributed by atoms with Crippen LogP contribution in [0.15, 0.2) is 24.3 Å². The molecule has 0 spiro atoms. The summed E-state index contributed by atoms with van der Waals surface area (Å²) in [5.41, 5.74) is 1.76. The van der Waals surface area contributed by atoms with E-state index in [0.717, 1.165) is 11.8 Å². The largest absolute Gasteiger partial charge is 0.325 e. The Morgan fingerprint density at radius 1 is 1.27 bits per heavy atom. The predicted octanol–water partition coefficient (Wildman–Crippen LogP) is 1.92. The van der Waals surface area contributed by atoms with Crippen molar-refractivity contribution in [1.29, 1.82) is 0 Å². The van der Waals surface area contributed by atoms with Crippen molar-refractivity contribution in [3.8, 4) is 0 Å². The van der Waals surface area contributed by atoms with Gasteiger partial charge in [-0.2, -0.15) is 0 Å². The number of piperidine rings is 1. The molecule has 1 aliphatic rings. The van der Waals surface area contributed by atoms with Gasteiger partial charge in [0.2, 0.25) is 5.91 Å². The van der Waals surface area contributed by atoms with Crippen LogP contribution in [0.2, 0.25) is 0 Å². The summed E-state index contributed by atoms with van der Waals surface area (Å²) < 4.78 is 23.1. The fraction of sp³-hybridized carbons (Fsp3) is 0.562. The molecule has 2 rings (SSSR count). The van der Waals surface area contributed by atoms with Gasteiger partial charge < -0.3 is 10.6 Å². The lowest BCUT2D eigenvalue weighted by molar-refractivity contribution is -0.119. The Kier molecular flexibility index (Phi) is 4.92. The first-order valence-electron chi connectivity index (χ1n) is 7.58. The minimum Gasteiger partial charge on any atom is -0.325 e. The predicted molar refractivity (Wildman–Crippen MR) is 88.8 cm³/mol. The summed E-state index contributed by atoms with van der Waals surface area (Å²) in [6.45, 7) is 5.22. The van der Waals surface area contributed by atoms with E-state index in [-0.39, 0.29) is 0 Å². The summed E-state index contributed by atoms with van der Waals surface area (Å²) in [5.74, 6) is -0.0722. The second-order valence-corrected chi connectivity index (χ2v) is 8.58. The van der Waals surface area contributed by atoms with Gasteiger partial charge in [-0.05, 0) is 49.5 Å². The first-order chi connectivity index (χ1) is 10.3. The van der Waals surface area contributed by atoms with Gasteiger partial charge in [0.25, 0.3) is 0 Å². The molecule has 1 aliphatic heterocycles. The van der Waals surface area contributed by atoms with Gasteiger partial charge in [0.1, 0.15) is 0 Å². The minimum atomic E-state index is -3.49. The molecule has 1 aromatic carbocycles. The van der Waals surface area contributed by atoms with Crippen molar-refractivity contribution in [2.24, 2.45) is 0 Å². The molecule has 122 valence electrons. The Hall–Kier alpha value is -1.40. The molecule has 1 heterocycles. The highest BCUT2D eigenvalue weighted by Crippen LogP contribution is 2.30. The summed E-state index contributed by atoms with van der Waals surface area (Å²) >= 11 is 0. The van der Waals surface area contributed by atoms with Crippen molar-refractivity contribution in [3.05, 3.63) is 29.8 Å². The molecule has 22 heavy (non-hydrogen) atoms. The van der Waals surface area contributed by atoms with Gasteiger partial charge in [-0.25, -0.2) is 8.42 Å². The lowest BCUT2D eigenvalue weighted by atomic mass is 9.95. The first kappa shape index (κ1) is 17.0. The SMILES string of the molecule is CC(C)c1cccc(NC(=O)C2(S(C)(=O)=O)CCNCC2)c1. The first-order valence-corrected chi connectivity index (χ1v) is 9.47. The summed E-state index contributed by atoms with van der Waals surface area (Å²) in [4.78, 5) is 12.7. The van der Waals surface area contributed by atoms with Crippen LogP contribution in [0, 0.1) is 0 Å². The summed E-state index contributed by atoms with van der Waals surface area (Å²) in [6.07, 6.45) is 1.77. The zero-order valence-electron chi connectivity index (χ0n) is 13.3. The van der Waals surface area contributed by atoms with Crippen LogP contribution in [0.4, 0.5) is 5.69 Å². The number of sulfone groups is 1. The molecule has 1 saturated heterocycles. The third-order valence-electron chi connectivity index (χ3n) is 4.35. The van der Waals surface area contributed by atoms with E-state index in [1.165, 1.54) is 0 Å². The molecule has 1 fully saturated rings. The van der Waals surface area contributed by atoms with E-state index in [4.69, 9.17) is 0 Å². The Balaban J connectivity index is 2.28. The topological polar surface area (TPSA) is 75.3 Å². The molecule has 0 aliphatic carbocycles. The molecule has 0 atom stereocenters. The zero-order chi connectivity index (χ0) is 16.4. The number of carbonyl (C=O) groups excluding carboxylic acids is 1. The van der Waals surface area contributed by atoms with Crippen LogP contribution in [0.3, 0.4) is 0 Å². The minimum absolute atomic E-state index is 0.307. The summed E-state index contributed by atoms with van der Waals surface area (Å²) in [5, 5.41) is 5.92. The van der Waals surface area contributed by atoms with Crippen molar-refractivity contribution in [2.75, 3.05) is 24.7 Å². The fourth-order valence-corrected chi connectivity index (χ4v) is 4.15. The number of amides is 1. The fourth-order valence-electron chi connectivity index (χ4n) is 2.82. The van der Waals surface area contributed by atoms with Crippen molar-refractivity contribution in [2.45, 2.75) is 37.4 Å². The number of rotatable bonds is 4. The Bertz CT molecular complexity index is 647. The molecule has 0 radical (unpaired) electrons. The average Bonchev–Trinajstić information content (AvgIpc) is 2.47. The van der Waals surface area contributed by atoms with E-state index in [2.05, 4.69) is 24.5 Å². The Labute approximate surface area is 132 Å². The van der Waals surface area contributed by atoms with Gasteiger partial charge in [0.15, 0.2) is 14.6 Å². The third-order valence-corrected chi connectivity index (χ3v) is 6.36. The second kappa shape index (κ2) is 6.38. The van der Waals surface area contributed by atoms with E-state index in [9.17, 15) is 13.2 Å². The lowest BCUT2D eigenvalue weighted by Crippen LogP contribution is -2.55. The standard InChI is InChI=1S/C16H24N2O3S/c1-12(2)13-5-4-6-14(11-13)18-15(19)16(22(3,20)21)7-9-17-10-8-16/h4-6,11-12,17H,7-10H2,1-3H3,(H,18,19). The Morgan fingerprint density at radius 2 is 1.91 bits per heavy atom. The highest BCUT2D eigenvalue weighted by atomic mass is 32.2. The number of hydrogen-bond donors (Lipinski definition) is 2. The monoisotopic (exact) mass is 324 g/mol. The van der Waals surface area contributed by atoms with Gasteiger partial charge >= 0.3 is 0 Å². The van der Waals surface area contributed by atoms with E-state index >= 15 is 0 Å². The van der Waals surface area contributed by atoms with Crippen LogP contribution in [0.1, 0.15) is 38.2 Å². The van der Waals surface area contributed by atoms with Crippen LogP contribution >= 0.6 is 0 Å². The summed E-state index contributed by atoms with van der Waals surface area (Å²) in [7, 11) is -3.49. The van der Waals surface area contributed by atoms with Gasteiger partial charge in [-0.1, -0.05) is 26.0 Å². The second-order valence-electron chi connectivity index (χ2n) is 6.25. The van der Waals surface area contributed by atoms with E-state index < -0.39 is 20.5 Å². The van der Waals surface area contributed by atoms with E-state index in [1.54, 1.807) is 6.07 Å². The smallest absolute Gasteiger partial charge is 0.245 e. The molecule has 0 aromatic heterocycles. The number of carbonyl (C=O) groups is 1. The van der Waals surface area contributed by atoms with Gasteiger partial charge in [0.05, 0.1) is 0 Å². The molecule has 2 N–H and O–H groups in total. The molecule has 0 saturated carbocycles. The highest BCUT2D eigenvalue weighted by Gasteiger charge is 2.48. The van der Waals surface area contributed by atoms with Crippen molar-refractivity contribution >= 4 is 21.4 Å². The molecular formula is C16H24N2O3S. The summed E-state index contributed by atoms with van der Waals surface area (Å²) in [6, 6.07) is 7.57. The van der Waals surface area contributed by atoms with Crippen LogP contribution in [-0.2, 0) is 14.6 Å². The maximum atomic E-state index is 12.7. The van der Waals surface area contributed by atoms with Crippen LogP contribution in [-0.4, -0.2) is 38.4 Å². The molecule has 0 bridgehead atoms. The maximum absolute atomic E-state index is 12.7. The van der Waals surface area contributed by atoms with Gasteiger partial charge in [-0.3, -0.25) is 4.79 Å². The zero-order valence-corrected chi connectivity index (χ0v) is 14.2. The average molecular weight is 324 g/mol. The lowest BCUT2D eigenvalue weighted by Gasteiger charge is -2.34. The molecular weight excluding hydrogens is 300 g/mol. The van der Waals surface area contributed by atoms with Crippen molar-refractivity contribution in [1.82, 2.24) is 5.32 Å². The van der Waals surface area contributed by atoms with E-state index in [1.807, 2.05) is 18.2 Å².